The number of aromatic nitrogens is 1. The summed E-state index contributed by atoms with van der Waals surface area (Å²) in [6.45, 7) is 0.442. The van der Waals surface area contributed by atoms with Crippen molar-refractivity contribution < 1.29 is 22.7 Å². The fraction of sp³-hybridized carbons (Fsp3) is 0.318. The number of likely N-dealkylation sites (tertiary alicyclic amines) is 1. The summed E-state index contributed by atoms with van der Waals surface area (Å²) in [5, 5.41) is 8.84. The first kappa shape index (κ1) is 22.0. The fourth-order valence-corrected chi connectivity index (χ4v) is 3.97. The smallest absolute Gasteiger partial charge is 0.341 e. The van der Waals surface area contributed by atoms with Gasteiger partial charge in [0.25, 0.3) is 0 Å². The first-order valence-electron chi connectivity index (χ1n) is 10.6. The molecule has 5 rings (SSSR count). The summed E-state index contributed by atoms with van der Waals surface area (Å²) < 4.78 is 47.4. The molecule has 3 aliphatic rings. The molecular weight excluding hydrogens is 451 g/mol. The Balaban J connectivity index is 1.22. The lowest BCUT2D eigenvalue weighted by atomic mass is 10.0. The monoisotopic (exact) mass is 473 g/mol. The second-order valence-corrected chi connectivity index (χ2v) is 8.28. The Morgan fingerprint density at radius 2 is 1.85 bits per heavy atom. The van der Waals surface area contributed by atoms with Gasteiger partial charge in [0.2, 0.25) is 0 Å². The van der Waals surface area contributed by atoms with E-state index in [-0.39, 0.29) is 18.8 Å². The molecule has 0 bridgehead atoms. The van der Waals surface area contributed by atoms with Crippen LogP contribution in [0, 0.1) is 17.5 Å². The molecular formula is C22H22F3N7O2. The third kappa shape index (κ3) is 4.12. The van der Waals surface area contributed by atoms with E-state index in [0.717, 1.165) is 12.3 Å². The molecule has 0 radical (unpaired) electrons. The number of rotatable bonds is 4. The van der Waals surface area contributed by atoms with Crippen molar-refractivity contribution in [1.29, 1.82) is 0 Å². The summed E-state index contributed by atoms with van der Waals surface area (Å²) in [6.07, 6.45) is 4.37. The number of nitrogens with zero attached hydrogens (tertiary/aromatic N) is 6. The highest BCUT2D eigenvalue weighted by Gasteiger charge is 2.39. The lowest BCUT2D eigenvalue weighted by Crippen LogP contribution is -2.58. The van der Waals surface area contributed by atoms with Crippen LogP contribution in [0.25, 0.3) is 5.70 Å². The van der Waals surface area contributed by atoms with Crippen LogP contribution in [0.3, 0.4) is 0 Å². The second-order valence-electron chi connectivity index (χ2n) is 8.28. The minimum Gasteiger partial charge on any atom is -0.483 e. The van der Waals surface area contributed by atoms with E-state index in [0.29, 0.717) is 23.4 Å². The Kier molecular flexibility index (Phi) is 5.52. The van der Waals surface area contributed by atoms with E-state index in [4.69, 9.17) is 4.74 Å². The van der Waals surface area contributed by atoms with Gasteiger partial charge in [-0.25, -0.2) is 23.0 Å². The Morgan fingerprint density at radius 1 is 1.12 bits per heavy atom. The molecule has 0 unspecified atom stereocenters. The number of benzene rings is 1. The minimum absolute atomic E-state index is 0.0364. The van der Waals surface area contributed by atoms with Crippen molar-refractivity contribution in [3.8, 4) is 5.75 Å². The molecule has 0 spiro atoms. The quantitative estimate of drug-likeness (QED) is 0.736. The molecule has 1 atom stereocenters. The van der Waals surface area contributed by atoms with E-state index >= 15 is 0 Å². The predicted molar refractivity (Wildman–Crippen MR) is 116 cm³/mol. The number of hydrogen-bond donors (Lipinski definition) is 1. The van der Waals surface area contributed by atoms with Gasteiger partial charge in [0.15, 0.2) is 11.6 Å². The van der Waals surface area contributed by atoms with E-state index in [1.807, 2.05) is 25.3 Å². The molecule has 3 aliphatic heterocycles. The van der Waals surface area contributed by atoms with Crippen molar-refractivity contribution >= 4 is 17.9 Å². The first-order chi connectivity index (χ1) is 16.3. The van der Waals surface area contributed by atoms with E-state index in [1.54, 1.807) is 5.12 Å². The van der Waals surface area contributed by atoms with Gasteiger partial charge in [0, 0.05) is 45.1 Å². The number of pyridine rings is 1. The lowest BCUT2D eigenvalue weighted by Gasteiger charge is -2.41. The zero-order chi connectivity index (χ0) is 24.0. The van der Waals surface area contributed by atoms with Crippen LogP contribution in [-0.2, 0) is 0 Å². The van der Waals surface area contributed by atoms with Gasteiger partial charge in [-0.1, -0.05) is 0 Å². The van der Waals surface area contributed by atoms with Crippen LogP contribution in [0.15, 0.2) is 41.8 Å². The Labute approximate surface area is 193 Å². The first-order valence-corrected chi connectivity index (χ1v) is 10.6. The van der Waals surface area contributed by atoms with Crippen LogP contribution in [0.1, 0.15) is 23.7 Å². The van der Waals surface area contributed by atoms with E-state index in [1.165, 1.54) is 34.3 Å². The highest BCUT2D eigenvalue weighted by molar-refractivity contribution is 5.79. The molecule has 1 aromatic carbocycles. The molecule has 0 aliphatic carbocycles. The number of amides is 2. The summed E-state index contributed by atoms with van der Waals surface area (Å²) in [5.41, 5.74) is 4.61. The number of nitrogens with one attached hydrogen (secondary N) is 1. The Hall–Kier alpha value is -3.80. The van der Waals surface area contributed by atoms with Crippen LogP contribution in [0.2, 0.25) is 0 Å². The van der Waals surface area contributed by atoms with Crippen molar-refractivity contribution in [1.82, 2.24) is 30.4 Å². The normalized spacial score (nSPS) is 20.4. The van der Waals surface area contributed by atoms with Gasteiger partial charge in [0.05, 0.1) is 36.7 Å². The maximum Gasteiger partial charge on any atom is 0.341 e. The van der Waals surface area contributed by atoms with Crippen LogP contribution in [-0.4, -0.2) is 70.6 Å². The summed E-state index contributed by atoms with van der Waals surface area (Å²) in [7, 11) is 3.67. The molecule has 34 heavy (non-hydrogen) atoms. The highest BCUT2D eigenvalue weighted by atomic mass is 19.1. The fourth-order valence-electron chi connectivity index (χ4n) is 3.97. The number of carbonyl (C=O) groups excluding carboxylic acids is 1. The van der Waals surface area contributed by atoms with Gasteiger partial charge in [0.1, 0.15) is 17.7 Å². The number of halogens is 3. The van der Waals surface area contributed by atoms with Crippen molar-refractivity contribution in [2.24, 2.45) is 5.10 Å². The molecule has 1 fully saturated rings. The average Bonchev–Trinajstić information content (AvgIpc) is 3.37. The average molecular weight is 473 g/mol. The van der Waals surface area contributed by atoms with Crippen LogP contribution in [0.5, 0.6) is 5.75 Å². The zero-order valence-electron chi connectivity index (χ0n) is 18.5. The highest BCUT2D eigenvalue weighted by Crippen LogP contribution is 2.32. The third-order valence-electron chi connectivity index (χ3n) is 5.88. The SMILES string of the molecule is CN1C=C(c2cc(OC3CN(C(=O)N4N=CC[C@H]4c4cc(F)cc(F)c4)C3)c(F)cn2)NN1C. The number of ether oxygens (including phenoxy) is 1. The topological polar surface area (TPSA) is 76.5 Å². The minimum atomic E-state index is -0.715. The Morgan fingerprint density at radius 3 is 2.53 bits per heavy atom. The van der Waals surface area contributed by atoms with Crippen LogP contribution < -0.4 is 10.2 Å². The summed E-state index contributed by atoms with van der Waals surface area (Å²) in [6, 6.07) is 3.66. The number of carbonyl (C=O) groups is 1. The molecule has 1 aromatic heterocycles. The molecule has 2 amide bonds. The molecule has 1 saturated heterocycles. The molecule has 2 aromatic rings. The molecule has 0 saturated carbocycles. The van der Waals surface area contributed by atoms with E-state index in [9.17, 15) is 18.0 Å². The largest absolute Gasteiger partial charge is 0.483 e. The molecule has 9 nitrogen and oxygen atoms in total. The molecule has 4 heterocycles. The van der Waals surface area contributed by atoms with Gasteiger partial charge < -0.3 is 9.64 Å². The number of urea groups is 1. The van der Waals surface area contributed by atoms with Gasteiger partial charge in [-0.3, -0.25) is 15.4 Å². The maximum atomic E-state index is 14.3. The summed E-state index contributed by atoms with van der Waals surface area (Å²) in [4.78, 5) is 18.5. The lowest BCUT2D eigenvalue weighted by molar-refractivity contribution is 0.0256. The summed E-state index contributed by atoms with van der Waals surface area (Å²) in [5.74, 6) is -2.00. The maximum absolute atomic E-state index is 14.3. The van der Waals surface area contributed by atoms with E-state index in [2.05, 4.69) is 15.5 Å². The van der Waals surface area contributed by atoms with Crippen LogP contribution >= 0.6 is 0 Å². The molecule has 1 N–H and O–H groups in total. The number of hydrazone groups is 1. The van der Waals surface area contributed by atoms with Gasteiger partial charge in [-0.2, -0.15) is 5.10 Å². The number of hydrogen-bond acceptors (Lipinski definition) is 7. The second kappa shape index (κ2) is 8.52. The summed E-state index contributed by atoms with van der Waals surface area (Å²) >= 11 is 0. The molecule has 12 heteroatoms. The van der Waals surface area contributed by atoms with Crippen molar-refractivity contribution in [2.75, 3.05) is 27.2 Å². The third-order valence-corrected chi connectivity index (χ3v) is 5.88. The van der Waals surface area contributed by atoms with Crippen LogP contribution in [0.4, 0.5) is 18.0 Å². The molecule has 178 valence electrons. The van der Waals surface area contributed by atoms with Crippen molar-refractivity contribution in [3.05, 3.63) is 65.4 Å². The zero-order valence-corrected chi connectivity index (χ0v) is 18.5. The van der Waals surface area contributed by atoms with E-state index < -0.39 is 35.6 Å². The van der Waals surface area contributed by atoms with Gasteiger partial charge in [-0.15, -0.1) is 5.12 Å². The standard InChI is InChI=1S/C22H22F3N7O2/c1-29-12-19(28-30(29)2)18-8-21(17(25)9-26-18)34-16-10-31(11-16)22(33)32-20(3-4-27-32)13-5-14(23)7-15(24)6-13/h4-9,12,16,20,28H,3,10-11H2,1-2H3/t20-/m0/s1. The van der Waals surface area contributed by atoms with Crippen molar-refractivity contribution in [2.45, 2.75) is 18.6 Å². The van der Waals surface area contributed by atoms with Crippen molar-refractivity contribution in [3.63, 3.8) is 0 Å². The Bertz CT molecular complexity index is 1160. The number of hydrazine groups is 2. The predicted octanol–water partition coefficient (Wildman–Crippen LogP) is 2.71. The van der Waals surface area contributed by atoms with Gasteiger partial charge in [-0.05, 0) is 17.7 Å². The van der Waals surface area contributed by atoms with Gasteiger partial charge >= 0.3 is 6.03 Å².